The standard InChI is InChI=1S/C79H151NO5/c1-3-5-7-9-11-13-15-17-18-19-41-44-48-51-55-59-63-67-71-77(82)76(75-81)80-78(83)72-68-64-60-56-52-49-45-42-39-37-35-33-31-29-27-25-23-21-20-22-24-26-28-30-32-34-36-38-40-43-46-50-54-58-62-66-70-74-85-79(84)73-69-65-61-57-53-47-16-14-12-10-8-6-4-2/h14,16,20,22,26,28,76-77,81-82H,3-13,15,17-19,21,23-25,27,29-75H2,1-2H3,(H,80,83)/b16-14-,22-20-,28-26-. The van der Waals surface area contributed by atoms with Gasteiger partial charge in [0, 0.05) is 12.8 Å². The zero-order valence-electron chi connectivity index (χ0n) is 57.6. The van der Waals surface area contributed by atoms with Crippen LogP contribution >= 0.6 is 0 Å². The Kier molecular flexibility index (Phi) is 72.9. The Bertz CT molecular complexity index is 1380. The Morgan fingerprint density at radius 3 is 0.918 bits per heavy atom. The number of hydrogen-bond donors (Lipinski definition) is 3. The molecular weight excluding hydrogens is 1040 g/mol. The number of carbonyl (C=O) groups is 2. The highest BCUT2D eigenvalue weighted by Gasteiger charge is 2.20. The van der Waals surface area contributed by atoms with Crippen molar-refractivity contribution >= 4 is 11.9 Å². The van der Waals surface area contributed by atoms with E-state index in [4.69, 9.17) is 4.74 Å². The number of rotatable bonds is 73. The molecule has 85 heavy (non-hydrogen) atoms. The van der Waals surface area contributed by atoms with Crippen LogP contribution in [-0.4, -0.2) is 47.4 Å². The van der Waals surface area contributed by atoms with Gasteiger partial charge in [0.15, 0.2) is 0 Å². The van der Waals surface area contributed by atoms with Gasteiger partial charge in [0.05, 0.1) is 25.4 Å². The fraction of sp³-hybridized carbons (Fsp3) is 0.899. The predicted molar refractivity (Wildman–Crippen MR) is 375 cm³/mol. The van der Waals surface area contributed by atoms with E-state index in [1.807, 2.05) is 0 Å². The van der Waals surface area contributed by atoms with Crippen molar-refractivity contribution in [3.63, 3.8) is 0 Å². The minimum atomic E-state index is -0.663. The number of aliphatic hydroxyl groups is 2. The van der Waals surface area contributed by atoms with Crippen molar-refractivity contribution in [2.45, 2.75) is 443 Å². The van der Waals surface area contributed by atoms with Gasteiger partial charge in [0.1, 0.15) is 0 Å². The second-order valence-corrected chi connectivity index (χ2v) is 26.7. The van der Waals surface area contributed by atoms with E-state index in [2.05, 4.69) is 55.6 Å². The lowest BCUT2D eigenvalue weighted by molar-refractivity contribution is -0.143. The largest absolute Gasteiger partial charge is 0.466 e. The third-order valence-electron chi connectivity index (χ3n) is 18.2. The molecule has 0 rings (SSSR count). The van der Waals surface area contributed by atoms with Crippen LogP contribution in [0.2, 0.25) is 0 Å². The number of aliphatic hydroxyl groups excluding tert-OH is 2. The van der Waals surface area contributed by atoms with Crippen molar-refractivity contribution < 1.29 is 24.5 Å². The van der Waals surface area contributed by atoms with Crippen molar-refractivity contribution in [1.82, 2.24) is 5.32 Å². The fourth-order valence-electron chi connectivity index (χ4n) is 12.3. The minimum absolute atomic E-state index is 0.00996. The minimum Gasteiger partial charge on any atom is -0.466 e. The van der Waals surface area contributed by atoms with Gasteiger partial charge in [-0.25, -0.2) is 0 Å². The average Bonchev–Trinajstić information content (AvgIpc) is 3.51. The van der Waals surface area contributed by atoms with E-state index in [1.165, 1.54) is 347 Å². The lowest BCUT2D eigenvalue weighted by atomic mass is 10.0. The predicted octanol–water partition coefficient (Wildman–Crippen LogP) is 25.4. The first-order valence-corrected chi connectivity index (χ1v) is 38.7. The van der Waals surface area contributed by atoms with Crippen molar-refractivity contribution in [2.24, 2.45) is 0 Å². The third kappa shape index (κ3) is 71.0. The zero-order chi connectivity index (χ0) is 61.3. The maximum Gasteiger partial charge on any atom is 0.305 e. The Balaban J connectivity index is 3.36. The van der Waals surface area contributed by atoms with Gasteiger partial charge < -0.3 is 20.3 Å². The molecule has 0 aliphatic rings. The van der Waals surface area contributed by atoms with Gasteiger partial charge in [-0.05, 0) is 83.5 Å². The van der Waals surface area contributed by atoms with Gasteiger partial charge in [-0.3, -0.25) is 9.59 Å². The summed E-state index contributed by atoms with van der Waals surface area (Å²) in [6.45, 7) is 4.98. The molecule has 1 amide bonds. The van der Waals surface area contributed by atoms with Crippen LogP contribution in [0.5, 0.6) is 0 Å². The zero-order valence-corrected chi connectivity index (χ0v) is 57.6. The van der Waals surface area contributed by atoms with Gasteiger partial charge in [-0.2, -0.15) is 0 Å². The average molecular weight is 1200 g/mol. The molecule has 2 unspecified atom stereocenters. The second kappa shape index (κ2) is 74.5. The number of amides is 1. The third-order valence-corrected chi connectivity index (χ3v) is 18.2. The molecule has 6 heteroatoms. The summed E-state index contributed by atoms with van der Waals surface area (Å²) in [5.74, 6) is -0.0182. The lowest BCUT2D eigenvalue weighted by Crippen LogP contribution is -2.45. The Morgan fingerprint density at radius 2 is 0.588 bits per heavy atom. The van der Waals surface area contributed by atoms with Crippen LogP contribution in [-0.2, 0) is 14.3 Å². The molecule has 3 N–H and O–H groups in total. The molecule has 2 atom stereocenters. The highest BCUT2D eigenvalue weighted by Crippen LogP contribution is 2.19. The SMILES string of the molecule is CCCCCC/C=C\CCCCCCCC(=O)OCCCCCCCCCCCCCCC/C=C\C/C=C\CCCCCCCCCCCCCCCCCCCC(=O)NC(CO)C(O)CCCCCCCCCCCCCCCCCCCC. The summed E-state index contributed by atoms with van der Waals surface area (Å²) in [5, 5.41) is 23.4. The second-order valence-electron chi connectivity index (χ2n) is 26.7. The molecule has 0 aliphatic carbocycles. The molecule has 6 nitrogen and oxygen atoms in total. The number of allylic oxidation sites excluding steroid dienone is 6. The first kappa shape index (κ1) is 83.1. The molecule has 0 saturated carbocycles. The van der Waals surface area contributed by atoms with E-state index in [0.717, 1.165) is 51.4 Å². The fourth-order valence-corrected chi connectivity index (χ4v) is 12.3. The van der Waals surface area contributed by atoms with Crippen LogP contribution in [0, 0.1) is 0 Å². The molecule has 0 aromatic carbocycles. The molecule has 0 heterocycles. The molecule has 0 aromatic rings. The van der Waals surface area contributed by atoms with Crippen molar-refractivity contribution in [3.8, 4) is 0 Å². The van der Waals surface area contributed by atoms with E-state index in [-0.39, 0.29) is 18.5 Å². The normalized spacial score (nSPS) is 12.7. The number of unbranched alkanes of at least 4 members (excludes halogenated alkanes) is 56. The number of esters is 1. The number of hydrogen-bond acceptors (Lipinski definition) is 5. The molecule has 0 radical (unpaired) electrons. The summed E-state index contributed by atoms with van der Waals surface area (Å²) in [7, 11) is 0. The van der Waals surface area contributed by atoms with Gasteiger partial charge in [-0.15, -0.1) is 0 Å². The summed E-state index contributed by atoms with van der Waals surface area (Å²) in [6.07, 6.45) is 96.6. The summed E-state index contributed by atoms with van der Waals surface area (Å²) in [6, 6.07) is -0.540. The summed E-state index contributed by atoms with van der Waals surface area (Å²) in [4.78, 5) is 24.6. The van der Waals surface area contributed by atoms with Crippen LogP contribution in [0.4, 0.5) is 0 Å². The highest BCUT2D eigenvalue weighted by molar-refractivity contribution is 5.76. The van der Waals surface area contributed by atoms with E-state index >= 15 is 0 Å². The number of carbonyl (C=O) groups excluding carboxylic acids is 2. The molecule has 0 aromatic heterocycles. The van der Waals surface area contributed by atoms with Crippen molar-refractivity contribution in [3.05, 3.63) is 36.5 Å². The molecule has 502 valence electrons. The number of nitrogens with one attached hydrogen (secondary N) is 1. The monoisotopic (exact) mass is 1190 g/mol. The van der Waals surface area contributed by atoms with Crippen LogP contribution in [0.1, 0.15) is 431 Å². The van der Waals surface area contributed by atoms with Gasteiger partial charge in [0.2, 0.25) is 5.91 Å². The van der Waals surface area contributed by atoms with Gasteiger partial charge in [0.25, 0.3) is 0 Å². The summed E-state index contributed by atoms with van der Waals surface area (Å²) in [5.41, 5.74) is 0. The lowest BCUT2D eigenvalue weighted by Gasteiger charge is -2.22. The van der Waals surface area contributed by atoms with E-state index < -0.39 is 12.1 Å². The van der Waals surface area contributed by atoms with Crippen molar-refractivity contribution in [2.75, 3.05) is 13.2 Å². The van der Waals surface area contributed by atoms with Crippen molar-refractivity contribution in [1.29, 1.82) is 0 Å². The van der Waals surface area contributed by atoms with Crippen LogP contribution in [0.3, 0.4) is 0 Å². The molecule has 0 spiro atoms. The summed E-state index contributed by atoms with van der Waals surface area (Å²) < 4.78 is 5.48. The Hall–Kier alpha value is -1.92. The highest BCUT2D eigenvalue weighted by atomic mass is 16.5. The van der Waals surface area contributed by atoms with E-state index in [1.54, 1.807) is 0 Å². The number of ether oxygens (including phenoxy) is 1. The maximum atomic E-state index is 12.5. The van der Waals surface area contributed by atoms with Crippen LogP contribution < -0.4 is 5.32 Å². The first-order chi connectivity index (χ1) is 42.0. The Labute approximate surface area is 532 Å². The maximum absolute atomic E-state index is 12.5. The molecule has 0 aliphatic heterocycles. The van der Waals surface area contributed by atoms with Gasteiger partial charge >= 0.3 is 5.97 Å². The smallest absolute Gasteiger partial charge is 0.305 e. The van der Waals surface area contributed by atoms with Crippen LogP contribution in [0.15, 0.2) is 36.5 Å². The van der Waals surface area contributed by atoms with Crippen LogP contribution in [0.25, 0.3) is 0 Å². The van der Waals surface area contributed by atoms with Gasteiger partial charge in [-0.1, -0.05) is 371 Å². The van der Waals surface area contributed by atoms with E-state index in [9.17, 15) is 19.8 Å². The molecular formula is C79H151NO5. The topological polar surface area (TPSA) is 95.9 Å². The quantitative estimate of drug-likeness (QED) is 0.0320. The molecule has 0 fully saturated rings. The Morgan fingerprint density at radius 1 is 0.329 bits per heavy atom. The summed E-state index contributed by atoms with van der Waals surface area (Å²) >= 11 is 0. The first-order valence-electron chi connectivity index (χ1n) is 38.7. The molecule has 0 bridgehead atoms. The van der Waals surface area contributed by atoms with E-state index in [0.29, 0.717) is 25.9 Å². The molecule has 0 saturated heterocycles.